The van der Waals surface area contributed by atoms with Gasteiger partial charge in [0.05, 0.1) is 11.9 Å². The van der Waals surface area contributed by atoms with Crippen LogP contribution < -0.4 is 0 Å². The van der Waals surface area contributed by atoms with Crippen molar-refractivity contribution >= 4 is 5.65 Å². The molecule has 1 aromatic carbocycles. The molecule has 1 N–H and O–H groups in total. The summed E-state index contributed by atoms with van der Waals surface area (Å²) in [6.45, 7) is 3.59. The molecule has 3 aromatic heterocycles. The number of hydrogen-bond donors (Lipinski definition) is 1. The number of aromatic hydroxyl groups is 1. The van der Waals surface area contributed by atoms with Gasteiger partial charge in [0.1, 0.15) is 11.5 Å². The molecule has 0 aliphatic heterocycles. The molecule has 0 fully saturated rings. The van der Waals surface area contributed by atoms with E-state index < -0.39 is 0 Å². The molecule has 0 unspecified atom stereocenters. The Morgan fingerprint density at radius 2 is 1.84 bits per heavy atom. The van der Waals surface area contributed by atoms with Gasteiger partial charge in [-0.1, -0.05) is 30.3 Å². The van der Waals surface area contributed by atoms with Crippen molar-refractivity contribution in [3.8, 4) is 17.4 Å². The summed E-state index contributed by atoms with van der Waals surface area (Å²) in [7, 11) is 0. The third-order valence-electron chi connectivity index (χ3n) is 3.88. The number of benzene rings is 1. The topological polar surface area (TPSA) is 89.1 Å². The van der Waals surface area contributed by atoms with Gasteiger partial charge in [-0.25, -0.2) is 19.5 Å². The number of aryl methyl sites for hydroxylation is 2. The van der Waals surface area contributed by atoms with Gasteiger partial charge in [0.15, 0.2) is 11.5 Å². The maximum atomic E-state index is 9.87. The number of nitrogens with zero attached hydrogens (tertiary/aromatic N) is 6. The van der Waals surface area contributed by atoms with Crippen LogP contribution in [0, 0.1) is 13.8 Å². The Labute approximate surface area is 144 Å². The predicted octanol–water partition coefficient (Wildman–Crippen LogP) is 2.49. The van der Waals surface area contributed by atoms with Gasteiger partial charge in [0.25, 0.3) is 0 Å². The summed E-state index contributed by atoms with van der Waals surface area (Å²) in [6.07, 6.45) is 3.93. The van der Waals surface area contributed by atoms with E-state index in [9.17, 15) is 5.11 Å². The van der Waals surface area contributed by atoms with E-state index in [1.54, 1.807) is 23.8 Å². The van der Waals surface area contributed by atoms with Crippen molar-refractivity contribution in [2.24, 2.45) is 0 Å². The molecule has 0 radical (unpaired) electrons. The van der Waals surface area contributed by atoms with E-state index in [0.29, 0.717) is 35.0 Å². The van der Waals surface area contributed by atoms with Crippen molar-refractivity contribution in [2.45, 2.75) is 20.3 Å². The zero-order chi connectivity index (χ0) is 17.4. The largest absolute Gasteiger partial charge is 0.493 e. The van der Waals surface area contributed by atoms with Crippen LogP contribution in [0.4, 0.5) is 0 Å². The first-order valence-corrected chi connectivity index (χ1v) is 7.90. The first-order valence-electron chi connectivity index (χ1n) is 7.90. The molecular weight excluding hydrogens is 316 g/mol. The zero-order valence-corrected chi connectivity index (χ0v) is 13.9. The highest BCUT2D eigenvalue weighted by Gasteiger charge is 2.14. The van der Waals surface area contributed by atoms with E-state index in [2.05, 4.69) is 20.1 Å². The normalized spacial score (nSPS) is 11.1. The highest BCUT2D eigenvalue weighted by atomic mass is 16.3. The second-order valence-corrected chi connectivity index (χ2v) is 5.86. The van der Waals surface area contributed by atoms with Gasteiger partial charge < -0.3 is 5.11 Å². The standard InChI is InChI=1S/C18H16N6O/c1-11-9-19-16(22-18(11)25)15-10-24-17(20-12(2)23-24)14(21-15)8-13-6-4-3-5-7-13/h3-7,9-10H,8H2,1-2H3,(H,19,22,25). The van der Waals surface area contributed by atoms with Crippen LogP contribution in [0.2, 0.25) is 0 Å². The minimum Gasteiger partial charge on any atom is -0.493 e. The molecule has 3 heterocycles. The highest BCUT2D eigenvalue weighted by molar-refractivity contribution is 5.55. The van der Waals surface area contributed by atoms with Crippen molar-refractivity contribution in [2.75, 3.05) is 0 Å². The second-order valence-electron chi connectivity index (χ2n) is 5.86. The maximum Gasteiger partial charge on any atom is 0.217 e. The van der Waals surface area contributed by atoms with Gasteiger partial charge in [-0.15, -0.1) is 0 Å². The van der Waals surface area contributed by atoms with Crippen molar-refractivity contribution in [3.05, 3.63) is 65.4 Å². The van der Waals surface area contributed by atoms with Crippen LogP contribution in [-0.2, 0) is 6.42 Å². The Kier molecular flexibility index (Phi) is 3.61. The van der Waals surface area contributed by atoms with Crippen LogP contribution in [0.1, 0.15) is 22.6 Å². The summed E-state index contributed by atoms with van der Waals surface area (Å²) in [5.74, 6) is 0.972. The van der Waals surface area contributed by atoms with Crippen molar-refractivity contribution in [3.63, 3.8) is 0 Å². The lowest BCUT2D eigenvalue weighted by molar-refractivity contribution is 0.448. The third kappa shape index (κ3) is 2.91. The summed E-state index contributed by atoms with van der Waals surface area (Å²) in [5.41, 5.74) is 3.78. The van der Waals surface area contributed by atoms with Crippen LogP contribution in [0.25, 0.3) is 17.2 Å². The fraction of sp³-hybridized carbons (Fsp3) is 0.167. The monoisotopic (exact) mass is 332 g/mol. The average molecular weight is 332 g/mol. The Balaban J connectivity index is 1.87. The highest BCUT2D eigenvalue weighted by Crippen LogP contribution is 2.21. The van der Waals surface area contributed by atoms with E-state index in [4.69, 9.17) is 4.98 Å². The number of hydrogen-bond acceptors (Lipinski definition) is 6. The average Bonchev–Trinajstić information content (AvgIpc) is 2.99. The van der Waals surface area contributed by atoms with Crippen molar-refractivity contribution < 1.29 is 5.11 Å². The van der Waals surface area contributed by atoms with E-state index in [0.717, 1.165) is 11.3 Å². The predicted molar refractivity (Wildman–Crippen MR) is 92.2 cm³/mol. The Bertz CT molecular complexity index is 1060. The van der Waals surface area contributed by atoms with Crippen LogP contribution >= 0.6 is 0 Å². The zero-order valence-electron chi connectivity index (χ0n) is 13.9. The lowest BCUT2D eigenvalue weighted by Crippen LogP contribution is -2.03. The minimum atomic E-state index is -0.0497. The lowest BCUT2D eigenvalue weighted by Gasteiger charge is -2.07. The van der Waals surface area contributed by atoms with Crippen LogP contribution in [0.5, 0.6) is 5.88 Å². The maximum absolute atomic E-state index is 9.87. The molecule has 0 aliphatic carbocycles. The summed E-state index contributed by atoms with van der Waals surface area (Å²) in [5, 5.41) is 14.3. The fourth-order valence-electron chi connectivity index (χ4n) is 2.63. The van der Waals surface area contributed by atoms with Gasteiger partial charge in [-0.3, -0.25) is 0 Å². The van der Waals surface area contributed by atoms with E-state index in [1.807, 2.05) is 37.3 Å². The molecule has 0 spiro atoms. The molecular formula is C18H16N6O. The SMILES string of the molecule is Cc1nc2c(Cc3ccccc3)nc(-c3ncc(C)c(O)n3)cn2n1. The van der Waals surface area contributed by atoms with Crippen molar-refractivity contribution in [1.29, 1.82) is 0 Å². The molecule has 7 nitrogen and oxygen atoms in total. The molecule has 0 saturated carbocycles. The minimum absolute atomic E-state index is 0.0497. The van der Waals surface area contributed by atoms with E-state index >= 15 is 0 Å². The van der Waals surface area contributed by atoms with Crippen LogP contribution in [0.15, 0.2) is 42.7 Å². The first-order chi connectivity index (χ1) is 12.1. The molecule has 0 amide bonds. The quantitative estimate of drug-likeness (QED) is 0.620. The van der Waals surface area contributed by atoms with Crippen molar-refractivity contribution in [1.82, 2.24) is 29.5 Å². The number of fused-ring (bicyclic) bond motifs is 1. The van der Waals surface area contributed by atoms with Gasteiger partial charge >= 0.3 is 0 Å². The summed E-state index contributed by atoms with van der Waals surface area (Å²) in [4.78, 5) is 17.6. The van der Waals surface area contributed by atoms with Crippen LogP contribution in [-0.4, -0.2) is 34.7 Å². The summed E-state index contributed by atoms with van der Waals surface area (Å²) in [6, 6.07) is 10.1. The molecule has 124 valence electrons. The number of rotatable bonds is 3. The van der Waals surface area contributed by atoms with Gasteiger partial charge in [0, 0.05) is 18.2 Å². The van der Waals surface area contributed by atoms with Crippen LogP contribution in [0.3, 0.4) is 0 Å². The second kappa shape index (κ2) is 5.94. The molecule has 4 aromatic rings. The number of aromatic nitrogens is 6. The van der Waals surface area contributed by atoms with Gasteiger partial charge in [0.2, 0.25) is 5.88 Å². The molecule has 4 rings (SSSR count). The molecule has 0 aliphatic rings. The third-order valence-corrected chi connectivity index (χ3v) is 3.88. The molecule has 0 bridgehead atoms. The Morgan fingerprint density at radius 3 is 2.60 bits per heavy atom. The smallest absolute Gasteiger partial charge is 0.217 e. The van der Waals surface area contributed by atoms with Gasteiger partial charge in [-0.05, 0) is 19.4 Å². The van der Waals surface area contributed by atoms with E-state index in [1.165, 1.54) is 0 Å². The molecule has 25 heavy (non-hydrogen) atoms. The summed E-state index contributed by atoms with van der Waals surface area (Å²) < 4.78 is 1.69. The molecule has 0 atom stereocenters. The van der Waals surface area contributed by atoms with E-state index in [-0.39, 0.29) is 5.88 Å². The first kappa shape index (κ1) is 15.2. The summed E-state index contributed by atoms with van der Waals surface area (Å²) >= 11 is 0. The Hall–Kier alpha value is -3.35. The fourth-order valence-corrected chi connectivity index (χ4v) is 2.63. The molecule has 7 heteroatoms. The van der Waals surface area contributed by atoms with Gasteiger partial charge in [-0.2, -0.15) is 10.1 Å². The Morgan fingerprint density at radius 1 is 1.04 bits per heavy atom. The molecule has 0 saturated heterocycles. The lowest BCUT2D eigenvalue weighted by atomic mass is 10.1.